The van der Waals surface area contributed by atoms with E-state index in [0.29, 0.717) is 5.95 Å². The molecule has 1 saturated heterocycles. The first kappa shape index (κ1) is 8.40. The third-order valence-corrected chi connectivity index (χ3v) is 2.09. The Bertz CT molecular complexity index is 280. The van der Waals surface area contributed by atoms with Gasteiger partial charge in [0.15, 0.2) is 5.82 Å². The Hall–Kier alpha value is -1.20. The molecule has 0 atom stereocenters. The Kier molecular flexibility index (Phi) is 2.12. The highest BCUT2D eigenvalue weighted by atomic mass is 19.3. The topological polar surface area (TPSA) is 44.8 Å². The van der Waals surface area contributed by atoms with Crippen LogP contribution in [0.4, 0.5) is 14.7 Å². The molecule has 1 N–H and O–H groups in total. The number of nitrogens with one attached hydrogen (secondary N) is 1. The Morgan fingerprint density at radius 1 is 1.31 bits per heavy atom. The average molecular weight is 188 g/mol. The Morgan fingerprint density at radius 2 is 2.00 bits per heavy atom. The van der Waals surface area contributed by atoms with Gasteiger partial charge in [-0.1, -0.05) is 0 Å². The second kappa shape index (κ2) is 3.27. The fourth-order valence-corrected chi connectivity index (χ4v) is 1.42. The normalized spacial score (nSPS) is 17.3. The van der Waals surface area contributed by atoms with Crippen molar-refractivity contribution in [2.24, 2.45) is 0 Å². The quantitative estimate of drug-likeness (QED) is 0.761. The molecule has 6 heteroatoms. The minimum Gasteiger partial charge on any atom is -0.340 e. The van der Waals surface area contributed by atoms with E-state index in [9.17, 15) is 8.78 Å². The van der Waals surface area contributed by atoms with E-state index >= 15 is 0 Å². The number of rotatable bonds is 2. The van der Waals surface area contributed by atoms with E-state index in [-0.39, 0.29) is 5.82 Å². The Labute approximate surface area is 74.0 Å². The molecular formula is C7H10F2N4. The van der Waals surface area contributed by atoms with Gasteiger partial charge in [-0.3, -0.25) is 5.10 Å². The second-order valence-electron chi connectivity index (χ2n) is 3.02. The van der Waals surface area contributed by atoms with Crippen molar-refractivity contribution in [2.75, 3.05) is 18.0 Å². The zero-order chi connectivity index (χ0) is 9.26. The van der Waals surface area contributed by atoms with E-state index < -0.39 is 6.43 Å². The van der Waals surface area contributed by atoms with Gasteiger partial charge < -0.3 is 4.90 Å². The molecule has 0 amide bonds. The molecule has 1 aliphatic heterocycles. The van der Waals surface area contributed by atoms with Crippen molar-refractivity contribution >= 4 is 5.95 Å². The third kappa shape index (κ3) is 1.61. The highest BCUT2D eigenvalue weighted by Gasteiger charge is 2.19. The van der Waals surface area contributed by atoms with E-state index in [2.05, 4.69) is 15.2 Å². The molecule has 72 valence electrons. The Morgan fingerprint density at radius 3 is 2.54 bits per heavy atom. The molecule has 0 bridgehead atoms. The number of aromatic amines is 1. The predicted molar refractivity (Wildman–Crippen MR) is 42.8 cm³/mol. The average Bonchev–Trinajstić information content (AvgIpc) is 2.75. The van der Waals surface area contributed by atoms with Gasteiger partial charge >= 0.3 is 0 Å². The summed E-state index contributed by atoms with van der Waals surface area (Å²) in [5.74, 6) is 0.0506. The van der Waals surface area contributed by atoms with Gasteiger partial charge in [-0.05, 0) is 12.8 Å². The van der Waals surface area contributed by atoms with Crippen LogP contribution in [0.2, 0.25) is 0 Å². The fraction of sp³-hybridized carbons (Fsp3) is 0.714. The van der Waals surface area contributed by atoms with Crippen molar-refractivity contribution in [1.82, 2.24) is 15.2 Å². The number of hydrogen-bond donors (Lipinski definition) is 1. The number of alkyl halides is 2. The number of halogens is 2. The molecule has 1 aromatic heterocycles. The molecule has 13 heavy (non-hydrogen) atoms. The van der Waals surface area contributed by atoms with E-state index in [4.69, 9.17) is 0 Å². The molecule has 4 nitrogen and oxygen atoms in total. The Balaban J connectivity index is 2.12. The van der Waals surface area contributed by atoms with E-state index in [1.165, 1.54) is 0 Å². The van der Waals surface area contributed by atoms with E-state index in [1.807, 2.05) is 4.90 Å². The van der Waals surface area contributed by atoms with Gasteiger partial charge in [-0.25, -0.2) is 8.78 Å². The van der Waals surface area contributed by atoms with Gasteiger partial charge in [0.05, 0.1) is 0 Å². The number of nitrogens with zero attached hydrogens (tertiary/aromatic N) is 3. The van der Waals surface area contributed by atoms with Crippen molar-refractivity contribution in [3.8, 4) is 0 Å². The summed E-state index contributed by atoms with van der Waals surface area (Å²) in [5.41, 5.74) is 0. The molecule has 1 aromatic rings. The summed E-state index contributed by atoms with van der Waals surface area (Å²) >= 11 is 0. The zero-order valence-electron chi connectivity index (χ0n) is 7.00. The monoisotopic (exact) mass is 188 g/mol. The number of aromatic nitrogens is 3. The summed E-state index contributed by atoms with van der Waals surface area (Å²) in [7, 11) is 0. The zero-order valence-corrected chi connectivity index (χ0v) is 7.00. The summed E-state index contributed by atoms with van der Waals surface area (Å²) in [5, 5.41) is 5.96. The summed E-state index contributed by atoms with van der Waals surface area (Å²) < 4.78 is 24.2. The molecule has 2 heterocycles. The maximum Gasteiger partial charge on any atom is 0.296 e. The van der Waals surface area contributed by atoms with Gasteiger partial charge in [-0.2, -0.15) is 4.98 Å². The molecule has 1 aliphatic rings. The highest BCUT2D eigenvalue weighted by molar-refractivity contribution is 5.29. The van der Waals surface area contributed by atoms with Crippen LogP contribution in [0, 0.1) is 0 Å². The molecule has 1 fully saturated rings. The first-order chi connectivity index (χ1) is 6.27. The van der Waals surface area contributed by atoms with Crippen LogP contribution < -0.4 is 4.90 Å². The third-order valence-electron chi connectivity index (χ3n) is 2.09. The number of hydrogen-bond acceptors (Lipinski definition) is 3. The lowest BCUT2D eigenvalue weighted by Crippen LogP contribution is -2.18. The van der Waals surface area contributed by atoms with Gasteiger partial charge in [0.2, 0.25) is 5.95 Å². The molecule has 0 aromatic carbocycles. The predicted octanol–water partition coefficient (Wildman–Crippen LogP) is 1.34. The lowest BCUT2D eigenvalue weighted by Gasteiger charge is -2.10. The number of H-pyrrole nitrogens is 1. The maximum absolute atomic E-state index is 12.1. The van der Waals surface area contributed by atoms with Crippen LogP contribution in [0.15, 0.2) is 0 Å². The van der Waals surface area contributed by atoms with Crippen LogP contribution in [-0.2, 0) is 0 Å². The van der Waals surface area contributed by atoms with Crippen LogP contribution >= 0.6 is 0 Å². The fourth-order valence-electron chi connectivity index (χ4n) is 1.42. The smallest absolute Gasteiger partial charge is 0.296 e. The van der Waals surface area contributed by atoms with Crippen LogP contribution in [0.5, 0.6) is 0 Å². The van der Waals surface area contributed by atoms with Crippen LogP contribution in [0.3, 0.4) is 0 Å². The SMILES string of the molecule is FC(F)c1nc(N2CCCC2)n[nH]1. The first-order valence-corrected chi connectivity index (χ1v) is 4.23. The van der Waals surface area contributed by atoms with Gasteiger partial charge in [-0.15, -0.1) is 5.10 Å². The van der Waals surface area contributed by atoms with Gasteiger partial charge in [0.25, 0.3) is 6.43 Å². The minimum atomic E-state index is -2.57. The van der Waals surface area contributed by atoms with Crippen LogP contribution in [0.1, 0.15) is 25.1 Å². The lowest BCUT2D eigenvalue weighted by atomic mass is 10.4. The highest BCUT2D eigenvalue weighted by Crippen LogP contribution is 2.19. The number of anilines is 1. The second-order valence-corrected chi connectivity index (χ2v) is 3.02. The van der Waals surface area contributed by atoms with Crippen molar-refractivity contribution < 1.29 is 8.78 Å². The molecule has 0 aliphatic carbocycles. The lowest BCUT2D eigenvalue weighted by molar-refractivity contribution is 0.141. The molecular weight excluding hydrogens is 178 g/mol. The van der Waals surface area contributed by atoms with E-state index in [1.54, 1.807) is 0 Å². The standard InChI is InChI=1S/C7H10F2N4/c8-5(9)6-10-7(12-11-6)13-3-1-2-4-13/h5H,1-4H2,(H,10,11,12). The van der Waals surface area contributed by atoms with Crippen molar-refractivity contribution in [2.45, 2.75) is 19.3 Å². The van der Waals surface area contributed by atoms with Crippen molar-refractivity contribution in [3.05, 3.63) is 5.82 Å². The molecule has 2 rings (SSSR count). The van der Waals surface area contributed by atoms with Gasteiger partial charge in [0.1, 0.15) is 0 Å². The summed E-state index contributed by atoms with van der Waals surface area (Å²) in [4.78, 5) is 5.61. The van der Waals surface area contributed by atoms with Crippen LogP contribution in [0.25, 0.3) is 0 Å². The van der Waals surface area contributed by atoms with Crippen molar-refractivity contribution in [1.29, 1.82) is 0 Å². The summed E-state index contributed by atoms with van der Waals surface area (Å²) in [6.45, 7) is 1.72. The molecule has 0 radical (unpaired) electrons. The van der Waals surface area contributed by atoms with Gasteiger partial charge in [0, 0.05) is 13.1 Å². The largest absolute Gasteiger partial charge is 0.340 e. The summed E-state index contributed by atoms with van der Waals surface area (Å²) in [6, 6.07) is 0. The summed E-state index contributed by atoms with van der Waals surface area (Å²) in [6.07, 6.45) is -0.402. The van der Waals surface area contributed by atoms with E-state index in [0.717, 1.165) is 25.9 Å². The molecule has 0 saturated carbocycles. The first-order valence-electron chi connectivity index (χ1n) is 4.23. The minimum absolute atomic E-state index is 0.345. The van der Waals surface area contributed by atoms with Crippen molar-refractivity contribution in [3.63, 3.8) is 0 Å². The molecule has 0 unspecified atom stereocenters. The van der Waals surface area contributed by atoms with Crippen LogP contribution in [-0.4, -0.2) is 28.3 Å². The molecule has 0 spiro atoms. The maximum atomic E-state index is 12.1.